The molecule has 1 heterocycles. The number of nitrogens with one attached hydrogen (secondary N) is 2. The first-order valence-corrected chi connectivity index (χ1v) is 7.32. The van der Waals surface area contributed by atoms with Gasteiger partial charge in [0.15, 0.2) is 5.17 Å². The number of carbonyl (C=O) groups is 1. The van der Waals surface area contributed by atoms with E-state index in [0.717, 1.165) is 27.5 Å². The van der Waals surface area contributed by atoms with Gasteiger partial charge in [-0.25, -0.2) is 0 Å². The van der Waals surface area contributed by atoms with Crippen molar-refractivity contribution in [2.45, 2.75) is 20.0 Å². The van der Waals surface area contributed by atoms with Crippen LogP contribution in [0.5, 0.6) is 5.75 Å². The molecule has 0 saturated carbocycles. The van der Waals surface area contributed by atoms with Crippen molar-refractivity contribution in [3.05, 3.63) is 33.1 Å². The molecule has 0 aliphatic carbocycles. The lowest BCUT2D eigenvalue weighted by atomic mass is 10.2. The minimum absolute atomic E-state index is 0.0571. The van der Waals surface area contributed by atoms with Crippen LogP contribution in [-0.2, 0) is 4.79 Å². The third kappa shape index (κ3) is 3.61. The van der Waals surface area contributed by atoms with Crippen molar-refractivity contribution in [1.29, 1.82) is 5.41 Å². The summed E-state index contributed by atoms with van der Waals surface area (Å²) in [4.78, 5) is 12.1. The molecule has 0 aromatic heterocycles. The molecular weight excluding hydrogens is 328 g/mol. The Hall–Kier alpha value is -1.27. The van der Waals surface area contributed by atoms with E-state index >= 15 is 0 Å². The molecule has 19 heavy (non-hydrogen) atoms. The lowest BCUT2D eigenvalue weighted by molar-refractivity contribution is -0.115. The smallest absolute Gasteiger partial charge is 0.264 e. The molecule has 1 aromatic rings. The van der Waals surface area contributed by atoms with E-state index in [1.807, 2.05) is 32.0 Å². The number of amidine groups is 1. The Morgan fingerprint density at radius 1 is 1.47 bits per heavy atom. The number of hydrogen-bond donors (Lipinski definition) is 2. The van der Waals surface area contributed by atoms with Crippen molar-refractivity contribution < 1.29 is 9.53 Å². The standard InChI is InChI=1S/C13H13BrN2O2S/c1-7(2)18-10-4-3-9(14)5-8(10)6-11-12(17)16-13(15)19-11/h3-7H,1-2H3,(H2,15,16,17)/b11-6-. The van der Waals surface area contributed by atoms with Crippen LogP contribution in [0.3, 0.4) is 0 Å². The van der Waals surface area contributed by atoms with E-state index in [1.54, 1.807) is 6.08 Å². The van der Waals surface area contributed by atoms with Gasteiger partial charge in [-0.15, -0.1) is 0 Å². The number of carbonyl (C=O) groups excluding carboxylic acids is 1. The largest absolute Gasteiger partial charge is 0.490 e. The van der Waals surface area contributed by atoms with Crippen LogP contribution in [0.25, 0.3) is 6.08 Å². The summed E-state index contributed by atoms with van der Waals surface area (Å²) in [6, 6.07) is 5.64. The third-order valence-electron chi connectivity index (χ3n) is 2.28. The van der Waals surface area contributed by atoms with Crippen molar-refractivity contribution >= 4 is 44.8 Å². The van der Waals surface area contributed by atoms with Crippen LogP contribution in [0, 0.1) is 5.41 Å². The van der Waals surface area contributed by atoms with E-state index in [0.29, 0.717) is 4.91 Å². The molecule has 0 bridgehead atoms. The Balaban J connectivity index is 2.38. The maximum Gasteiger partial charge on any atom is 0.264 e. The second kappa shape index (κ2) is 5.79. The predicted octanol–water partition coefficient (Wildman–Crippen LogP) is 3.37. The summed E-state index contributed by atoms with van der Waals surface area (Å²) in [6.45, 7) is 3.90. The van der Waals surface area contributed by atoms with Gasteiger partial charge in [-0.1, -0.05) is 15.9 Å². The Morgan fingerprint density at radius 3 is 2.79 bits per heavy atom. The first kappa shape index (κ1) is 14.1. The lowest BCUT2D eigenvalue weighted by Gasteiger charge is -2.13. The summed E-state index contributed by atoms with van der Waals surface area (Å²) in [7, 11) is 0. The van der Waals surface area contributed by atoms with Crippen molar-refractivity contribution in [2.75, 3.05) is 0 Å². The van der Waals surface area contributed by atoms with Gasteiger partial charge in [0.2, 0.25) is 0 Å². The van der Waals surface area contributed by atoms with Gasteiger partial charge in [-0.2, -0.15) is 0 Å². The summed E-state index contributed by atoms with van der Waals surface area (Å²) < 4.78 is 6.62. The highest BCUT2D eigenvalue weighted by Gasteiger charge is 2.22. The van der Waals surface area contributed by atoms with Gasteiger partial charge in [0.25, 0.3) is 5.91 Å². The highest BCUT2D eigenvalue weighted by molar-refractivity contribution is 9.10. The Bertz CT molecular complexity index is 570. The summed E-state index contributed by atoms with van der Waals surface area (Å²) >= 11 is 4.52. The molecule has 0 atom stereocenters. The van der Waals surface area contributed by atoms with E-state index in [2.05, 4.69) is 21.2 Å². The molecule has 100 valence electrons. The molecule has 2 rings (SSSR count). The van der Waals surface area contributed by atoms with Crippen LogP contribution in [-0.4, -0.2) is 17.2 Å². The molecule has 1 aliphatic heterocycles. The Kier molecular flexibility index (Phi) is 4.31. The molecule has 0 radical (unpaired) electrons. The summed E-state index contributed by atoms with van der Waals surface area (Å²) in [5.74, 6) is 0.475. The predicted molar refractivity (Wildman–Crippen MR) is 81.3 cm³/mol. The number of hydrogen-bond acceptors (Lipinski definition) is 4. The normalized spacial score (nSPS) is 17.2. The first-order valence-electron chi connectivity index (χ1n) is 5.71. The number of rotatable bonds is 3. The van der Waals surface area contributed by atoms with Gasteiger partial charge < -0.3 is 10.1 Å². The van der Waals surface area contributed by atoms with Gasteiger partial charge in [-0.05, 0) is 49.9 Å². The molecule has 2 N–H and O–H groups in total. The number of halogens is 1. The molecule has 0 spiro atoms. The number of amides is 1. The average Bonchev–Trinajstić information content (AvgIpc) is 2.61. The van der Waals surface area contributed by atoms with E-state index in [-0.39, 0.29) is 17.2 Å². The zero-order valence-corrected chi connectivity index (χ0v) is 12.9. The summed E-state index contributed by atoms with van der Waals surface area (Å²) in [6.07, 6.45) is 1.80. The Labute approximate surface area is 124 Å². The molecule has 1 aromatic carbocycles. The fourth-order valence-corrected chi connectivity index (χ4v) is 2.65. The van der Waals surface area contributed by atoms with Gasteiger partial charge in [-0.3, -0.25) is 10.2 Å². The molecular formula is C13H13BrN2O2S. The monoisotopic (exact) mass is 340 g/mol. The van der Waals surface area contributed by atoms with Gasteiger partial charge in [0.1, 0.15) is 5.75 Å². The maximum atomic E-state index is 11.6. The second-order valence-electron chi connectivity index (χ2n) is 4.24. The van der Waals surface area contributed by atoms with E-state index in [4.69, 9.17) is 10.1 Å². The second-order valence-corrected chi connectivity index (χ2v) is 6.21. The Morgan fingerprint density at radius 2 is 2.21 bits per heavy atom. The molecule has 0 unspecified atom stereocenters. The quantitative estimate of drug-likeness (QED) is 0.829. The minimum Gasteiger partial charge on any atom is -0.490 e. The highest BCUT2D eigenvalue weighted by Crippen LogP contribution is 2.31. The summed E-state index contributed by atoms with van der Waals surface area (Å²) in [5.41, 5.74) is 0.815. The topological polar surface area (TPSA) is 62.2 Å². The number of thioether (sulfide) groups is 1. The molecule has 6 heteroatoms. The molecule has 4 nitrogen and oxygen atoms in total. The van der Waals surface area contributed by atoms with Crippen molar-refractivity contribution in [3.63, 3.8) is 0 Å². The van der Waals surface area contributed by atoms with Gasteiger partial charge >= 0.3 is 0 Å². The van der Waals surface area contributed by atoms with E-state index < -0.39 is 0 Å². The van der Waals surface area contributed by atoms with Crippen molar-refractivity contribution in [3.8, 4) is 5.75 Å². The van der Waals surface area contributed by atoms with Crippen molar-refractivity contribution in [2.24, 2.45) is 0 Å². The van der Waals surface area contributed by atoms with Crippen LogP contribution < -0.4 is 10.1 Å². The van der Waals surface area contributed by atoms with Gasteiger partial charge in [0, 0.05) is 10.0 Å². The molecule has 1 saturated heterocycles. The van der Waals surface area contributed by atoms with E-state index in [1.165, 1.54) is 0 Å². The minimum atomic E-state index is -0.245. The van der Waals surface area contributed by atoms with Crippen molar-refractivity contribution in [1.82, 2.24) is 5.32 Å². The average molecular weight is 341 g/mol. The fourth-order valence-electron chi connectivity index (χ4n) is 1.58. The SMILES string of the molecule is CC(C)Oc1ccc(Br)cc1/C=C1\SC(=N)NC1=O. The molecule has 1 fully saturated rings. The lowest BCUT2D eigenvalue weighted by Crippen LogP contribution is -2.18. The highest BCUT2D eigenvalue weighted by atomic mass is 79.9. The van der Waals surface area contributed by atoms with Crippen LogP contribution >= 0.6 is 27.7 Å². The zero-order valence-electron chi connectivity index (χ0n) is 10.5. The number of ether oxygens (including phenoxy) is 1. The molecule has 1 aliphatic rings. The van der Waals surface area contributed by atoms with Crippen LogP contribution in [0.1, 0.15) is 19.4 Å². The molecule has 1 amide bonds. The number of benzene rings is 1. The van der Waals surface area contributed by atoms with Crippen LogP contribution in [0.15, 0.2) is 27.6 Å². The van der Waals surface area contributed by atoms with Crippen LogP contribution in [0.2, 0.25) is 0 Å². The fraction of sp³-hybridized carbons (Fsp3) is 0.231. The third-order valence-corrected chi connectivity index (χ3v) is 3.61. The van der Waals surface area contributed by atoms with E-state index in [9.17, 15) is 4.79 Å². The first-order chi connectivity index (χ1) is 8.95. The van der Waals surface area contributed by atoms with Gasteiger partial charge in [0.05, 0.1) is 11.0 Å². The zero-order chi connectivity index (χ0) is 14.0. The van der Waals surface area contributed by atoms with Crippen LogP contribution in [0.4, 0.5) is 0 Å². The maximum absolute atomic E-state index is 11.6. The summed E-state index contributed by atoms with van der Waals surface area (Å²) in [5, 5.41) is 10.0.